The van der Waals surface area contributed by atoms with Crippen LogP contribution >= 0.6 is 0 Å². The van der Waals surface area contributed by atoms with E-state index in [9.17, 15) is 19.5 Å². The number of carboxylic acids is 1. The first-order chi connectivity index (χ1) is 13.9. The Labute approximate surface area is 167 Å². The number of carbonyl (C=O) groups is 3. The third-order valence-corrected chi connectivity index (χ3v) is 3.48. The highest BCUT2D eigenvalue weighted by molar-refractivity contribution is 6.39. The van der Waals surface area contributed by atoms with Gasteiger partial charge in [-0.1, -0.05) is 12.1 Å². The fraction of sp³-hybridized carbons (Fsp3) is 0.200. The number of rotatable bonds is 8. The monoisotopic (exact) mass is 398 g/mol. The molecule has 2 aromatic rings. The third kappa shape index (κ3) is 6.98. The van der Waals surface area contributed by atoms with E-state index in [0.717, 1.165) is 5.56 Å². The smallest absolute Gasteiger partial charge is 0.329 e. The molecule has 0 aromatic heterocycles. The van der Waals surface area contributed by atoms with E-state index in [4.69, 9.17) is 9.47 Å². The van der Waals surface area contributed by atoms with E-state index in [2.05, 4.69) is 15.8 Å². The molecular weight excluding hydrogens is 378 g/mol. The van der Waals surface area contributed by atoms with Gasteiger partial charge in [-0.2, -0.15) is 5.10 Å². The average Bonchev–Trinajstić information content (AvgIpc) is 2.67. The molecule has 0 saturated heterocycles. The number of hydrogen-bond donors (Lipinski definition) is 2. The summed E-state index contributed by atoms with van der Waals surface area (Å²) in [4.78, 5) is 34.3. The van der Waals surface area contributed by atoms with Crippen LogP contribution in [0.1, 0.15) is 18.1 Å². The minimum atomic E-state index is -1.36. The van der Waals surface area contributed by atoms with Gasteiger partial charge in [0.05, 0.1) is 18.8 Å². The van der Waals surface area contributed by atoms with Crippen molar-refractivity contribution in [3.8, 4) is 11.5 Å². The molecule has 29 heavy (non-hydrogen) atoms. The van der Waals surface area contributed by atoms with E-state index >= 15 is 0 Å². The average molecular weight is 398 g/mol. The van der Waals surface area contributed by atoms with Crippen molar-refractivity contribution in [3.63, 3.8) is 0 Å². The molecule has 0 aliphatic carbocycles. The predicted molar refractivity (Wildman–Crippen MR) is 104 cm³/mol. The SMILES string of the molecule is CCOc1cc(/C=N\NC(=O)C(=O)Nc2cccc(C)c2)ccc1OCC(=O)[O-]. The summed E-state index contributed by atoms with van der Waals surface area (Å²) in [7, 11) is 0. The molecule has 0 atom stereocenters. The van der Waals surface area contributed by atoms with Crippen molar-refractivity contribution in [2.24, 2.45) is 5.10 Å². The lowest BCUT2D eigenvalue weighted by molar-refractivity contribution is -0.307. The van der Waals surface area contributed by atoms with Crippen molar-refractivity contribution < 1.29 is 29.0 Å². The van der Waals surface area contributed by atoms with Crippen LogP contribution in [0, 0.1) is 6.92 Å². The normalized spacial score (nSPS) is 10.4. The number of amides is 2. The Morgan fingerprint density at radius 2 is 1.86 bits per heavy atom. The van der Waals surface area contributed by atoms with Crippen molar-refractivity contribution >= 4 is 29.7 Å². The molecule has 9 nitrogen and oxygen atoms in total. The number of ether oxygens (including phenoxy) is 2. The van der Waals surface area contributed by atoms with E-state index in [1.54, 1.807) is 37.3 Å². The fourth-order valence-corrected chi connectivity index (χ4v) is 2.26. The number of aryl methyl sites for hydroxylation is 1. The van der Waals surface area contributed by atoms with Crippen molar-refractivity contribution in [3.05, 3.63) is 53.6 Å². The molecule has 0 radical (unpaired) electrons. The molecule has 0 heterocycles. The molecule has 2 N–H and O–H groups in total. The first kappa shape index (κ1) is 21.4. The number of anilines is 1. The minimum absolute atomic E-state index is 0.231. The molecule has 0 fully saturated rings. The van der Waals surface area contributed by atoms with Gasteiger partial charge in [0.25, 0.3) is 0 Å². The van der Waals surface area contributed by atoms with Gasteiger partial charge in [-0.15, -0.1) is 0 Å². The van der Waals surface area contributed by atoms with E-state index in [-0.39, 0.29) is 5.75 Å². The number of nitrogens with one attached hydrogen (secondary N) is 2. The largest absolute Gasteiger partial charge is 0.546 e. The first-order valence-corrected chi connectivity index (χ1v) is 8.69. The molecule has 0 aliphatic heterocycles. The van der Waals surface area contributed by atoms with Crippen LogP contribution in [-0.4, -0.2) is 37.2 Å². The molecule has 0 spiro atoms. The summed E-state index contributed by atoms with van der Waals surface area (Å²) in [6.45, 7) is 3.35. The van der Waals surface area contributed by atoms with Crippen LogP contribution in [0.25, 0.3) is 0 Å². The number of hydrazone groups is 1. The van der Waals surface area contributed by atoms with Gasteiger partial charge in [-0.3, -0.25) is 9.59 Å². The molecular formula is C20H20N3O6-. The summed E-state index contributed by atoms with van der Waals surface area (Å²) in [6.07, 6.45) is 1.31. The Bertz CT molecular complexity index is 926. The summed E-state index contributed by atoms with van der Waals surface area (Å²) in [6, 6.07) is 11.7. The second-order valence-corrected chi connectivity index (χ2v) is 5.82. The number of nitrogens with zero attached hydrogens (tertiary/aromatic N) is 1. The van der Waals surface area contributed by atoms with E-state index in [1.165, 1.54) is 12.3 Å². The highest BCUT2D eigenvalue weighted by Crippen LogP contribution is 2.28. The Kier molecular flexibility index (Phi) is 7.72. The van der Waals surface area contributed by atoms with Crippen molar-refractivity contribution in [1.29, 1.82) is 0 Å². The summed E-state index contributed by atoms with van der Waals surface area (Å²) < 4.78 is 10.5. The lowest BCUT2D eigenvalue weighted by Gasteiger charge is -2.12. The van der Waals surface area contributed by atoms with Gasteiger partial charge >= 0.3 is 11.8 Å². The quantitative estimate of drug-likeness (QED) is 0.381. The van der Waals surface area contributed by atoms with Gasteiger partial charge in [0.15, 0.2) is 11.5 Å². The Balaban J connectivity index is 1.97. The summed E-state index contributed by atoms with van der Waals surface area (Å²) in [5, 5.41) is 16.7. The van der Waals surface area contributed by atoms with Crippen LogP contribution in [0.3, 0.4) is 0 Å². The number of benzene rings is 2. The predicted octanol–water partition coefficient (Wildman–Crippen LogP) is 0.611. The standard InChI is InChI=1S/C20H21N3O6/c1-3-28-17-10-14(7-8-16(17)29-12-18(24)25)11-21-23-20(27)19(26)22-15-6-4-5-13(2)9-15/h4-11H,3,12H2,1-2H3,(H,22,26)(H,23,27)(H,24,25)/p-1/b21-11-. The van der Waals surface area contributed by atoms with Gasteiger partial charge in [-0.05, 0) is 55.3 Å². The fourth-order valence-electron chi connectivity index (χ4n) is 2.26. The zero-order valence-corrected chi connectivity index (χ0v) is 15.9. The molecule has 0 saturated carbocycles. The lowest BCUT2D eigenvalue weighted by Crippen LogP contribution is -2.32. The second-order valence-electron chi connectivity index (χ2n) is 5.82. The highest BCUT2D eigenvalue weighted by Gasteiger charge is 2.13. The van der Waals surface area contributed by atoms with Gasteiger partial charge in [0.2, 0.25) is 0 Å². The molecule has 0 unspecified atom stereocenters. The maximum Gasteiger partial charge on any atom is 0.329 e. The maximum atomic E-state index is 11.9. The summed E-state index contributed by atoms with van der Waals surface area (Å²) in [5.41, 5.74) is 4.11. The van der Waals surface area contributed by atoms with E-state index in [1.807, 2.05) is 13.0 Å². The number of aliphatic carboxylic acids is 1. The van der Waals surface area contributed by atoms with E-state index < -0.39 is 24.4 Å². The maximum absolute atomic E-state index is 11.9. The molecule has 9 heteroatoms. The molecule has 2 aromatic carbocycles. The van der Waals surface area contributed by atoms with Gasteiger partial charge < -0.3 is 24.7 Å². The van der Waals surface area contributed by atoms with E-state index in [0.29, 0.717) is 23.6 Å². The minimum Gasteiger partial charge on any atom is -0.546 e. The van der Waals surface area contributed by atoms with Gasteiger partial charge in [-0.25, -0.2) is 5.43 Å². The second kappa shape index (κ2) is 10.5. The summed E-state index contributed by atoms with van der Waals surface area (Å²) >= 11 is 0. The van der Waals surface area contributed by atoms with Crippen molar-refractivity contribution in [2.75, 3.05) is 18.5 Å². The zero-order chi connectivity index (χ0) is 21.2. The number of hydrogen-bond acceptors (Lipinski definition) is 7. The molecule has 2 amide bonds. The third-order valence-electron chi connectivity index (χ3n) is 3.48. The van der Waals surface area contributed by atoms with Crippen LogP contribution in [0.15, 0.2) is 47.6 Å². The van der Waals surface area contributed by atoms with Crippen LogP contribution in [0.5, 0.6) is 11.5 Å². The lowest BCUT2D eigenvalue weighted by atomic mass is 10.2. The molecule has 2 rings (SSSR count). The topological polar surface area (TPSA) is 129 Å². The first-order valence-electron chi connectivity index (χ1n) is 8.69. The van der Waals surface area contributed by atoms with Crippen LogP contribution in [-0.2, 0) is 14.4 Å². The van der Waals surface area contributed by atoms with Crippen molar-refractivity contribution in [2.45, 2.75) is 13.8 Å². The zero-order valence-electron chi connectivity index (χ0n) is 15.9. The number of carbonyl (C=O) groups excluding carboxylic acids is 3. The Morgan fingerprint density at radius 3 is 2.55 bits per heavy atom. The van der Waals surface area contributed by atoms with Crippen molar-refractivity contribution in [1.82, 2.24) is 5.43 Å². The molecule has 152 valence electrons. The Hall–Kier alpha value is -3.88. The Morgan fingerprint density at radius 1 is 1.07 bits per heavy atom. The number of carboxylic acid groups (broad SMARTS) is 1. The van der Waals surface area contributed by atoms with Crippen LogP contribution < -0.4 is 25.3 Å². The molecule has 0 bridgehead atoms. The van der Waals surface area contributed by atoms with Crippen LogP contribution in [0.4, 0.5) is 5.69 Å². The summed E-state index contributed by atoms with van der Waals surface area (Å²) in [5.74, 6) is -2.60. The van der Waals surface area contributed by atoms with Gasteiger partial charge in [0.1, 0.15) is 6.61 Å². The van der Waals surface area contributed by atoms with Crippen LogP contribution in [0.2, 0.25) is 0 Å². The molecule has 0 aliphatic rings. The van der Waals surface area contributed by atoms with Gasteiger partial charge in [0, 0.05) is 5.69 Å². The highest BCUT2D eigenvalue weighted by atomic mass is 16.5.